The van der Waals surface area contributed by atoms with Crippen LogP contribution in [-0.4, -0.2) is 59.8 Å². The Morgan fingerprint density at radius 2 is 1.85 bits per heavy atom. The number of rotatable bonds is 5. The van der Waals surface area contributed by atoms with Crippen molar-refractivity contribution in [2.75, 3.05) is 43.0 Å². The van der Waals surface area contributed by atoms with Crippen LogP contribution in [0.4, 0.5) is 29.5 Å². The van der Waals surface area contributed by atoms with Crippen molar-refractivity contribution >= 4 is 23.5 Å². The van der Waals surface area contributed by atoms with E-state index in [9.17, 15) is 28.0 Å². The Labute approximate surface area is 187 Å². The summed E-state index contributed by atoms with van der Waals surface area (Å²) >= 11 is 0. The van der Waals surface area contributed by atoms with Crippen LogP contribution in [0.15, 0.2) is 30.3 Å². The third-order valence-electron chi connectivity index (χ3n) is 4.90. The van der Waals surface area contributed by atoms with E-state index in [1.165, 1.54) is 9.80 Å². The van der Waals surface area contributed by atoms with Crippen LogP contribution in [0.25, 0.3) is 0 Å². The van der Waals surface area contributed by atoms with Crippen LogP contribution >= 0.6 is 0 Å². The molecule has 1 saturated heterocycles. The maximum atomic E-state index is 13.3. The van der Waals surface area contributed by atoms with Gasteiger partial charge in [-0.1, -0.05) is 0 Å². The molecule has 1 aliphatic rings. The second kappa shape index (κ2) is 9.64. The quantitative estimate of drug-likeness (QED) is 0.697. The molecule has 1 aliphatic heterocycles. The molecule has 0 aliphatic carbocycles. The lowest BCUT2D eigenvalue weighted by atomic mass is 10.1. The van der Waals surface area contributed by atoms with Crippen molar-refractivity contribution < 1.29 is 32.6 Å². The number of nitriles is 1. The van der Waals surface area contributed by atoms with E-state index in [2.05, 4.69) is 10.3 Å². The van der Waals surface area contributed by atoms with Gasteiger partial charge in [0, 0.05) is 31.9 Å². The smallest absolute Gasteiger partial charge is 0.434 e. The summed E-state index contributed by atoms with van der Waals surface area (Å²) < 4.78 is 45.4. The molecular weight excluding hydrogens is 443 g/mol. The summed E-state index contributed by atoms with van der Waals surface area (Å²) in [6.45, 7) is 2.93. The molecule has 1 fully saturated rings. The summed E-state index contributed by atoms with van der Waals surface area (Å²) in [5.74, 6) is -1.42. The average molecular weight is 463 g/mol. The number of halogens is 3. The molecule has 1 aromatic carbocycles. The van der Waals surface area contributed by atoms with E-state index in [1.54, 1.807) is 30.3 Å². The Morgan fingerprint density at radius 3 is 2.36 bits per heavy atom. The number of ether oxygens (including phenoxy) is 1. The molecule has 2 heterocycles. The minimum Gasteiger partial charge on any atom is -0.494 e. The van der Waals surface area contributed by atoms with Gasteiger partial charge in [0.15, 0.2) is 5.69 Å². The standard InChI is InChI=1S/C21H20F3N5O4/c1-2-33-15-5-3-14(4-6-15)26-20(32)29-9-7-28(8-10-29)18-13(12-25)11-16(19(30)31)17(27-18)21(22,23)24/h3-6,11H,2,7-10H2,1H3,(H,26,32)(H,30,31). The summed E-state index contributed by atoms with van der Waals surface area (Å²) in [4.78, 5) is 30.2. The van der Waals surface area contributed by atoms with Gasteiger partial charge in [0.25, 0.3) is 0 Å². The molecule has 0 spiro atoms. The first-order valence-electron chi connectivity index (χ1n) is 9.93. The minimum absolute atomic E-state index is 0.113. The Morgan fingerprint density at radius 1 is 1.21 bits per heavy atom. The van der Waals surface area contributed by atoms with Crippen molar-refractivity contribution in [3.63, 3.8) is 0 Å². The van der Waals surface area contributed by atoms with Gasteiger partial charge in [0.2, 0.25) is 0 Å². The Balaban J connectivity index is 1.72. The van der Waals surface area contributed by atoms with Gasteiger partial charge in [-0.2, -0.15) is 18.4 Å². The lowest BCUT2D eigenvalue weighted by molar-refractivity contribution is -0.141. The van der Waals surface area contributed by atoms with Gasteiger partial charge in [-0.05, 0) is 37.3 Å². The van der Waals surface area contributed by atoms with Gasteiger partial charge >= 0.3 is 18.2 Å². The van der Waals surface area contributed by atoms with E-state index < -0.39 is 23.4 Å². The van der Waals surface area contributed by atoms with Crippen LogP contribution in [0.2, 0.25) is 0 Å². The Bertz CT molecular complexity index is 1080. The number of pyridine rings is 1. The highest BCUT2D eigenvalue weighted by Gasteiger charge is 2.39. The number of amides is 2. The molecule has 0 unspecified atom stereocenters. The van der Waals surface area contributed by atoms with E-state index in [-0.39, 0.29) is 43.6 Å². The molecule has 3 rings (SSSR count). The van der Waals surface area contributed by atoms with Gasteiger partial charge in [-0.25, -0.2) is 14.6 Å². The molecule has 0 bridgehead atoms. The second-order valence-corrected chi connectivity index (χ2v) is 7.03. The molecule has 0 saturated carbocycles. The summed E-state index contributed by atoms with van der Waals surface area (Å²) in [7, 11) is 0. The van der Waals surface area contributed by atoms with Crippen molar-refractivity contribution in [2.24, 2.45) is 0 Å². The predicted octanol–water partition coefficient (Wildman–Crippen LogP) is 3.42. The third kappa shape index (κ3) is 5.43. The zero-order valence-electron chi connectivity index (χ0n) is 17.5. The average Bonchev–Trinajstić information content (AvgIpc) is 2.79. The summed E-state index contributed by atoms with van der Waals surface area (Å²) in [5.41, 5.74) is -2.39. The van der Waals surface area contributed by atoms with E-state index in [0.29, 0.717) is 24.1 Å². The number of urea groups is 1. The number of benzene rings is 1. The van der Waals surface area contributed by atoms with Gasteiger partial charge in [-0.15, -0.1) is 0 Å². The molecule has 0 radical (unpaired) electrons. The number of nitrogens with one attached hydrogen (secondary N) is 1. The number of hydrogen-bond acceptors (Lipinski definition) is 6. The fraction of sp³-hybridized carbons (Fsp3) is 0.333. The van der Waals surface area contributed by atoms with Crippen LogP contribution in [0.5, 0.6) is 5.75 Å². The van der Waals surface area contributed by atoms with Crippen LogP contribution in [0.1, 0.15) is 28.5 Å². The number of carbonyl (C=O) groups excluding carboxylic acids is 1. The minimum atomic E-state index is -5.00. The zero-order valence-corrected chi connectivity index (χ0v) is 17.5. The number of aromatic carboxylic acids is 1. The normalized spacial score (nSPS) is 13.9. The lowest BCUT2D eigenvalue weighted by Crippen LogP contribution is -2.50. The molecular formula is C21H20F3N5O4. The van der Waals surface area contributed by atoms with E-state index in [1.807, 2.05) is 6.92 Å². The van der Waals surface area contributed by atoms with Gasteiger partial charge < -0.3 is 25.0 Å². The van der Waals surface area contributed by atoms with Crippen molar-refractivity contribution in [3.05, 3.63) is 47.2 Å². The first kappa shape index (κ1) is 23.6. The highest BCUT2D eigenvalue weighted by molar-refractivity contribution is 5.91. The molecule has 9 nitrogen and oxygen atoms in total. The van der Waals surface area contributed by atoms with Gasteiger partial charge in [0.1, 0.15) is 17.6 Å². The van der Waals surface area contributed by atoms with Crippen molar-refractivity contribution in [1.82, 2.24) is 9.88 Å². The SMILES string of the molecule is CCOc1ccc(NC(=O)N2CCN(c3nc(C(F)(F)F)c(C(=O)O)cc3C#N)CC2)cc1. The number of alkyl halides is 3. The van der Waals surface area contributed by atoms with Crippen LogP contribution in [0, 0.1) is 11.3 Å². The highest BCUT2D eigenvalue weighted by Crippen LogP contribution is 2.34. The first-order chi connectivity index (χ1) is 15.6. The van der Waals surface area contributed by atoms with Crippen LogP contribution < -0.4 is 15.0 Å². The third-order valence-corrected chi connectivity index (χ3v) is 4.90. The second-order valence-electron chi connectivity index (χ2n) is 7.03. The molecule has 0 atom stereocenters. The molecule has 2 aromatic rings. The maximum absolute atomic E-state index is 13.3. The number of hydrogen-bond donors (Lipinski definition) is 2. The maximum Gasteiger partial charge on any atom is 0.434 e. The number of carboxylic acid groups (broad SMARTS) is 1. The topological polar surface area (TPSA) is 119 Å². The number of carboxylic acids is 1. The fourth-order valence-electron chi connectivity index (χ4n) is 3.33. The van der Waals surface area contributed by atoms with Gasteiger partial charge in [-0.3, -0.25) is 0 Å². The lowest BCUT2D eigenvalue weighted by Gasteiger charge is -2.36. The summed E-state index contributed by atoms with van der Waals surface area (Å²) in [6, 6.07) is 8.80. The molecule has 12 heteroatoms. The van der Waals surface area contributed by atoms with Crippen LogP contribution in [0.3, 0.4) is 0 Å². The molecule has 2 amide bonds. The monoisotopic (exact) mass is 463 g/mol. The van der Waals surface area contributed by atoms with Crippen molar-refractivity contribution in [3.8, 4) is 11.8 Å². The largest absolute Gasteiger partial charge is 0.494 e. The van der Waals surface area contributed by atoms with Crippen LogP contribution in [-0.2, 0) is 6.18 Å². The number of nitrogens with zero attached hydrogens (tertiary/aromatic N) is 4. The number of piperazine rings is 1. The van der Waals surface area contributed by atoms with Crippen molar-refractivity contribution in [1.29, 1.82) is 5.26 Å². The fourth-order valence-corrected chi connectivity index (χ4v) is 3.33. The molecule has 33 heavy (non-hydrogen) atoms. The van der Waals surface area contributed by atoms with E-state index >= 15 is 0 Å². The molecule has 2 N–H and O–H groups in total. The Kier molecular flexibility index (Phi) is 6.91. The summed E-state index contributed by atoms with van der Waals surface area (Å²) in [5, 5.41) is 21.2. The first-order valence-corrected chi connectivity index (χ1v) is 9.93. The Hall–Kier alpha value is -4.01. The predicted molar refractivity (Wildman–Crippen MR) is 111 cm³/mol. The molecule has 1 aromatic heterocycles. The molecule has 174 valence electrons. The highest BCUT2D eigenvalue weighted by atomic mass is 19.4. The van der Waals surface area contributed by atoms with Gasteiger partial charge in [0.05, 0.1) is 17.7 Å². The van der Waals surface area contributed by atoms with E-state index in [0.717, 1.165) is 0 Å². The van der Waals surface area contributed by atoms with Crippen molar-refractivity contribution in [2.45, 2.75) is 13.1 Å². The van der Waals surface area contributed by atoms with E-state index in [4.69, 9.17) is 9.84 Å². The number of carbonyl (C=O) groups is 2. The number of aromatic nitrogens is 1. The zero-order chi connectivity index (χ0) is 24.2. The number of anilines is 2. The summed E-state index contributed by atoms with van der Waals surface area (Å²) in [6.07, 6.45) is -5.00.